The average Bonchev–Trinajstić information content (AvgIpc) is 3.50. The molecule has 1 saturated heterocycles. The minimum absolute atomic E-state index is 0.416. The first-order chi connectivity index (χ1) is 16.8. The van der Waals surface area contributed by atoms with Gasteiger partial charge < -0.3 is 4.90 Å². The van der Waals surface area contributed by atoms with Crippen molar-refractivity contribution >= 4 is 34.4 Å². The zero-order chi connectivity index (χ0) is 22.5. The Hall–Kier alpha value is -3.45. The standard InChI is InChI=1S/C27H24N6S/c1-2-5-20-17-27(16-19(20)4-1)8-13-32(14-9-27)26-31-18-23(25-30-12-15-33(25)26)34-22-7-11-28-21-6-3-10-29-24(21)22/h1-7,10-12,15,18H,8-9,13-14,16-17H2. The molecule has 5 heterocycles. The molecular weight excluding hydrogens is 440 g/mol. The summed E-state index contributed by atoms with van der Waals surface area (Å²) in [4.78, 5) is 23.1. The van der Waals surface area contributed by atoms with Crippen molar-refractivity contribution in [3.05, 3.63) is 84.6 Å². The van der Waals surface area contributed by atoms with E-state index in [2.05, 4.69) is 48.5 Å². The van der Waals surface area contributed by atoms with Crippen LogP contribution >= 0.6 is 11.8 Å². The number of benzene rings is 1. The smallest absolute Gasteiger partial charge is 0.211 e. The van der Waals surface area contributed by atoms with Crippen molar-refractivity contribution in [3.63, 3.8) is 0 Å². The van der Waals surface area contributed by atoms with Gasteiger partial charge in [0.1, 0.15) is 5.52 Å². The maximum atomic E-state index is 4.93. The van der Waals surface area contributed by atoms with E-state index in [1.807, 2.05) is 49.2 Å². The number of aromatic nitrogens is 5. The zero-order valence-electron chi connectivity index (χ0n) is 18.8. The third-order valence-corrected chi connectivity index (χ3v) is 8.47. The Labute approximate surface area is 202 Å². The van der Waals surface area contributed by atoms with Gasteiger partial charge in [-0.15, -0.1) is 0 Å². The number of piperidine rings is 1. The van der Waals surface area contributed by atoms with Gasteiger partial charge in [-0.3, -0.25) is 14.4 Å². The van der Waals surface area contributed by atoms with Crippen molar-refractivity contribution in [1.29, 1.82) is 0 Å². The van der Waals surface area contributed by atoms with Gasteiger partial charge in [0.15, 0.2) is 5.65 Å². The average molecular weight is 465 g/mol. The van der Waals surface area contributed by atoms with E-state index in [0.29, 0.717) is 5.41 Å². The fraction of sp³-hybridized carbons (Fsp3) is 0.259. The number of pyridine rings is 2. The monoisotopic (exact) mass is 464 g/mol. The fourth-order valence-corrected chi connectivity index (χ4v) is 6.62. The molecule has 1 aliphatic heterocycles. The number of hydrogen-bond acceptors (Lipinski definition) is 6. The van der Waals surface area contributed by atoms with E-state index in [0.717, 1.165) is 45.5 Å². The van der Waals surface area contributed by atoms with E-state index in [1.165, 1.54) is 25.7 Å². The molecule has 6 nitrogen and oxygen atoms in total. The number of anilines is 1. The molecule has 168 valence electrons. The quantitative estimate of drug-likeness (QED) is 0.365. The molecule has 1 aliphatic carbocycles. The van der Waals surface area contributed by atoms with Crippen molar-refractivity contribution < 1.29 is 0 Å². The molecule has 0 bridgehead atoms. The zero-order valence-corrected chi connectivity index (χ0v) is 19.6. The SMILES string of the molecule is c1ccc2c(c1)CC1(CCN(c3ncc(Sc4ccnc5cccnc45)c4nccn34)CC1)C2. The Bertz CT molecular complexity index is 1490. The summed E-state index contributed by atoms with van der Waals surface area (Å²) >= 11 is 1.65. The molecule has 34 heavy (non-hydrogen) atoms. The second kappa shape index (κ2) is 7.81. The van der Waals surface area contributed by atoms with E-state index >= 15 is 0 Å². The Morgan fingerprint density at radius 1 is 0.765 bits per heavy atom. The number of imidazole rings is 1. The summed E-state index contributed by atoms with van der Waals surface area (Å²) in [6, 6.07) is 14.9. The first kappa shape index (κ1) is 20.0. The van der Waals surface area contributed by atoms with Crippen molar-refractivity contribution in [1.82, 2.24) is 24.3 Å². The number of fused-ring (bicyclic) bond motifs is 3. The van der Waals surface area contributed by atoms with Gasteiger partial charge in [-0.05, 0) is 60.4 Å². The van der Waals surface area contributed by atoms with Crippen LogP contribution in [0.15, 0.2) is 83.2 Å². The van der Waals surface area contributed by atoms with Crippen LogP contribution in [0.3, 0.4) is 0 Å². The lowest BCUT2D eigenvalue weighted by Gasteiger charge is -2.40. The summed E-state index contributed by atoms with van der Waals surface area (Å²) in [6.07, 6.45) is 14.3. The molecule has 5 aromatic rings. The van der Waals surface area contributed by atoms with Crippen molar-refractivity contribution in [3.8, 4) is 0 Å². The minimum atomic E-state index is 0.416. The topological polar surface area (TPSA) is 59.2 Å². The van der Waals surface area contributed by atoms with Gasteiger partial charge >= 0.3 is 0 Å². The van der Waals surface area contributed by atoms with Crippen LogP contribution in [0.2, 0.25) is 0 Å². The largest absolute Gasteiger partial charge is 0.342 e. The van der Waals surface area contributed by atoms with Crippen LogP contribution in [0.5, 0.6) is 0 Å². The van der Waals surface area contributed by atoms with E-state index in [9.17, 15) is 0 Å². The third kappa shape index (κ3) is 3.26. The van der Waals surface area contributed by atoms with Crippen molar-refractivity contribution in [2.75, 3.05) is 18.0 Å². The van der Waals surface area contributed by atoms with Gasteiger partial charge in [0, 0.05) is 49.0 Å². The molecular formula is C27H24N6S. The summed E-state index contributed by atoms with van der Waals surface area (Å²) < 4.78 is 2.14. The normalized spacial score (nSPS) is 17.0. The molecule has 7 heteroatoms. The van der Waals surface area contributed by atoms with Crippen LogP contribution in [-0.2, 0) is 12.8 Å². The van der Waals surface area contributed by atoms with E-state index in [1.54, 1.807) is 22.9 Å². The molecule has 4 aromatic heterocycles. The van der Waals surface area contributed by atoms with Crippen LogP contribution in [-0.4, -0.2) is 37.4 Å². The van der Waals surface area contributed by atoms with E-state index in [-0.39, 0.29) is 0 Å². The van der Waals surface area contributed by atoms with Crippen LogP contribution in [0, 0.1) is 5.41 Å². The van der Waals surface area contributed by atoms with Crippen molar-refractivity contribution in [2.24, 2.45) is 5.41 Å². The van der Waals surface area contributed by atoms with E-state index in [4.69, 9.17) is 4.98 Å². The molecule has 1 spiro atoms. The van der Waals surface area contributed by atoms with E-state index < -0.39 is 0 Å². The number of hydrogen-bond donors (Lipinski definition) is 0. The number of nitrogens with zero attached hydrogens (tertiary/aromatic N) is 6. The van der Waals surface area contributed by atoms with Crippen LogP contribution in [0.1, 0.15) is 24.0 Å². The molecule has 2 aliphatic rings. The summed E-state index contributed by atoms with van der Waals surface area (Å²) in [5.41, 5.74) is 6.25. The highest BCUT2D eigenvalue weighted by molar-refractivity contribution is 7.99. The highest BCUT2D eigenvalue weighted by Crippen LogP contribution is 2.45. The Kier molecular flexibility index (Phi) is 4.58. The van der Waals surface area contributed by atoms with Gasteiger partial charge in [-0.25, -0.2) is 9.97 Å². The molecule has 7 rings (SSSR count). The summed E-state index contributed by atoms with van der Waals surface area (Å²) in [5.74, 6) is 0.986. The Morgan fingerprint density at radius 3 is 2.41 bits per heavy atom. The first-order valence-corrected chi connectivity index (χ1v) is 12.6. The molecule has 0 amide bonds. The maximum Gasteiger partial charge on any atom is 0.211 e. The molecule has 0 unspecified atom stereocenters. The molecule has 1 aromatic carbocycles. The van der Waals surface area contributed by atoms with Gasteiger partial charge in [0.2, 0.25) is 5.95 Å². The molecule has 0 radical (unpaired) electrons. The lowest BCUT2D eigenvalue weighted by Crippen LogP contribution is -2.41. The second-order valence-corrected chi connectivity index (χ2v) is 10.5. The van der Waals surface area contributed by atoms with Gasteiger partial charge in [0.05, 0.1) is 10.4 Å². The summed E-state index contributed by atoms with van der Waals surface area (Å²) in [5, 5.41) is 0. The highest BCUT2D eigenvalue weighted by atomic mass is 32.2. The van der Waals surface area contributed by atoms with Gasteiger partial charge in [-0.1, -0.05) is 36.0 Å². The molecule has 0 N–H and O–H groups in total. The molecule has 0 atom stereocenters. The summed E-state index contributed by atoms with van der Waals surface area (Å²) in [6.45, 7) is 2.05. The Morgan fingerprint density at radius 2 is 1.59 bits per heavy atom. The number of rotatable bonds is 3. The predicted octanol–water partition coefficient (Wildman–Crippen LogP) is 5.21. The van der Waals surface area contributed by atoms with Crippen molar-refractivity contribution in [2.45, 2.75) is 35.5 Å². The van der Waals surface area contributed by atoms with Gasteiger partial charge in [-0.2, -0.15) is 0 Å². The molecule has 1 fully saturated rings. The maximum absolute atomic E-state index is 4.93. The second-order valence-electron chi connectivity index (χ2n) is 9.43. The van der Waals surface area contributed by atoms with Crippen LogP contribution < -0.4 is 4.90 Å². The molecule has 0 saturated carbocycles. The third-order valence-electron chi connectivity index (χ3n) is 7.41. The fourth-order valence-electron chi connectivity index (χ4n) is 5.65. The first-order valence-electron chi connectivity index (χ1n) is 11.8. The Balaban J connectivity index is 1.16. The van der Waals surface area contributed by atoms with Gasteiger partial charge in [0.25, 0.3) is 0 Å². The van der Waals surface area contributed by atoms with Crippen LogP contribution in [0.4, 0.5) is 5.95 Å². The van der Waals surface area contributed by atoms with Crippen LogP contribution in [0.25, 0.3) is 16.7 Å². The lowest BCUT2D eigenvalue weighted by molar-refractivity contribution is 0.231. The summed E-state index contributed by atoms with van der Waals surface area (Å²) in [7, 11) is 0. The highest BCUT2D eigenvalue weighted by Gasteiger charge is 2.40. The predicted molar refractivity (Wildman–Crippen MR) is 134 cm³/mol. The lowest BCUT2D eigenvalue weighted by atomic mass is 9.76. The minimum Gasteiger partial charge on any atom is -0.342 e.